The number of nitrogens with one attached hydrogen (secondary N) is 1. The van der Waals surface area contributed by atoms with E-state index in [1.807, 2.05) is 0 Å². The van der Waals surface area contributed by atoms with Gasteiger partial charge in [0.15, 0.2) is 0 Å². The molecule has 1 unspecified atom stereocenters. The Morgan fingerprint density at radius 2 is 1.93 bits per heavy atom. The maximum absolute atomic E-state index is 3.65. The Hall–Kier alpha value is -0.0800. The molecule has 15 heavy (non-hydrogen) atoms. The van der Waals surface area contributed by atoms with Crippen molar-refractivity contribution in [3.63, 3.8) is 0 Å². The van der Waals surface area contributed by atoms with Crippen molar-refractivity contribution in [2.75, 3.05) is 20.6 Å². The molecule has 0 saturated heterocycles. The molecule has 1 saturated carbocycles. The van der Waals surface area contributed by atoms with E-state index in [-0.39, 0.29) is 5.54 Å². The third kappa shape index (κ3) is 3.76. The Morgan fingerprint density at radius 3 is 2.33 bits per heavy atom. The van der Waals surface area contributed by atoms with Gasteiger partial charge in [-0.2, -0.15) is 0 Å². The van der Waals surface area contributed by atoms with Gasteiger partial charge < -0.3 is 10.2 Å². The van der Waals surface area contributed by atoms with Crippen molar-refractivity contribution in [2.24, 2.45) is 5.92 Å². The minimum atomic E-state index is 0.255. The zero-order chi connectivity index (χ0) is 11.5. The molecule has 0 aromatic rings. The van der Waals surface area contributed by atoms with Crippen LogP contribution in [0.15, 0.2) is 0 Å². The second-order valence-corrected chi connectivity index (χ2v) is 5.68. The highest BCUT2D eigenvalue weighted by molar-refractivity contribution is 4.92. The van der Waals surface area contributed by atoms with Crippen LogP contribution in [0.4, 0.5) is 0 Å². The van der Waals surface area contributed by atoms with Crippen LogP contribution in [0.3, 0.4) is 0 Å². The second-order valence-electron chi connectivity index (χ2n) is 5.68. The van der Waals surface area contributed by atoms with Gasteiger partial charge in [-0.3, -0.25) is 0 Å². The smallest absolute Gasteiger partial charge is 0.0300 e. The van der Waals surface area contributed by atoms with Gasteiger partial charge in [0.25, 0.3) is 0 Å². The SMILES string of the molecule is CCNC(CCC1CC1)C(C)(C)N(C)C. The van der Waals surface area contributed by atoms with Crippen molar-refractivity contribution in [3.05, 3.63) is 0 Å². The van der Waals surface area contributed by atoms with E-state index in [0.29, 0.717) is 6.04 Å². The third-order valence-corrected chi connectivity index (χ3v) is 4.02. The van der Waals surface area contributed by atoms with Crippen molar-refractivity contribution in [3.8, 4) is 0 Å². The van der Waals surface area contributed by atoms with E-state index >= 15 is 0 Å². The maximum atomic E-state index is 3.65. The van der Waals surface area contributed by atoms with Crippen LogP contribution in [-0.2, 0) is 0 Å². The van der Waals surface area contributed by atoms with E-state index in [0.717, 1.165) is 12.5 Å². The molecule has 0 bridgehead atoms. The first-order valence-electron chi connectivity index (χ1n) is 6.39. The van der Waals surface area contributed by atoms with Crippen molar-refractivity contribution < 1.29 is 0 Å². The van der Waals surface area contributed by atoms with Gasteiger partial charge in [0.05, 0.1) is 0 Å². The zero-order valence-electron chi connectivity index (χ0n) is 11.1. The van der Waals surface area contributed by atoms with Gasteiger partial charge >= 0.3 is 0 Å². The van der Waals surface area contributed by atoms with E-state index in [1.54, 1.807) is 0 Å². The van der Waals surface area contributed by atoms with Crippen LogP contribution < -0.4 is 5.32 Å². The molecule has 90 valence electrons. The average molecular weight is 212 g/mol. The quantitative estimate of drug-likeness (QED) is 0.697. The fraction of sp³-hybridized carbons (Fsp3) is 1.00. The van der Waals surface area contributed by atoms with Crippen LogP contribution in [0.5, 0.6) is 0 Å². The molecule has 1 rings (SSSR count). The first-order chi connectivity index (χ1) is 6.98. The Labute approximate surface area is 95.4 Å². The summed E-state index contributed by atoms with van der Waals surface area (Å²) in [6.45, 7) is 7.96. The molecule has 1 fully saturated rings. The molecule has 0 aromatic heterocycles. The summed E-state index contributed by atoms with van der Waals surface area (Å²) in [5, 5.41) is 3.65. The molecule has 2 nitrogen and oxygen atoms in total. The van der Waals surface area contributed by atoms with Gasteiger partial charge in [-0.05, 0) is 53.2 Å². The Morgan fingerprint density at radius 1 is 1.33 bits per heavy atom. The summed E-state index contributed by atoms with van der Waals surface area (Å²) in [6, 6.07) is 0.623. The molecule has 0 aromatic carbocycles. The predicted octanol–water partition coefficient (Wildman–Crippen LogP) is 2.49. The van der Waals surface area contributed by atoms with Gasteiger partial charge in [-0.15, -0.1) is 0 Å². The minimum Gasteiger partial charge on any atom is -0.312 e. The largest absolute Gasteiger partial charge is 0.312 e. The van der Waals surface area contributed by atoms with Crippen molar-refractivity contribution in [2.45, 2.75) is 58.0 Å². The van der Waals surface area contributed by atoms with Crippen molar-refractivity contribution >= 4 is 0 Å². The summed E-state index contributed by atoms with van der Waals surface area (Å²) in [4.78, 5) is 2.34. The van der Waals surface area contributed by atoms with E-state index in [9.17, 15) is 0 Å². The first-order valence-corrected chi connectivity index (χ1v) is 6.39. The summed E-state index contributed by atoms with van der Waals surface area (Å²) in [6.07, 6.45) is 5.68. The fourth-order valence-electron chi connectivity index (χ4n) is 2.07. The lowest BCUT2D eigenvalue weighted by Gasteiger charge is -2.40. The number of hydrogen-bond donors (Lipinski definition) is 1. The Bertz CT molecular complexity index is 183. The lowest BCUT2D eigenvalue weighted by molar-refractivity contribution is 0.131. The first kappa shape index (κ1) is 13.0. The third-order valence-electron chi connectivity index (χ3n) is 4.02. The van der Waals surface area contributed by atoms with Crippen LogP contribution in [0.2, 0.25) is 0 Å². The van der Waals surface area contributed by atoms with Crippen LogP contribution >= 0.6 is 0 Å². The molecule has 1 aliphatic rings. The molecule has 1 atom stereocenters. The minimum absolute atomic E-state index is 0.255. The van der Waals surface area contributed by atoms with Gasteiger partial charge in [-0.1, -0.05) is 19.8 Å². The lowest BCUT2D eigenvalue weighted by atomic mass is 9.89. The summed E-state index contributed by atoms with van der Waals surface area (Å²) in [5.74, 6) is 1.05. The number of hydrogen-bond acceptors (Lipinski definition) is 2. The van der Waals surface area contributed by atoms with E-state index < -0.39 is 0 Å². The molecule has 1 aliphatic carbocycles. The highest BCUT2D eigenvalue weighted by Crippen LogP contribution is 2.35. The van der Waals surface area contributed by atoms with Gasteiger partial charge in [0.2, 0.25) is 0 Å². The predicted molar refractivity (Wildman–Crippen MR) is 67.2 cm³/mol. The summed E-state index contributed by atoms with van der Waals surface area (Å²) in [7, 11) is 4.36. The lowest BCUT2D eigenvalue weighted by Crippen LogP contribution is -2.55. The van der Waals surface area contributed by atoms with Crippen molar-refractivity contribution in [1.29, 1.82) is 0 Å². The average Bonchev–Trinajstić information content (AvgIpc) is 2.95. The molecule has 0 aliphatic heterocycles. The summed E-state index contributed by atoms with van der Waals surface area (Å²) in [5.41, 5.74) is 0.255. The molecule has 0 amide bonds. The highest BCUT2D eigenvalue weighted by atomic mass is 15.2. The fourth-order valence-corrected chi connectivity index (χ4v) is 2.07. The molecule has 1 N–H and O–H groups in total. The molecule has 0 radical (unpaired) electrons. The molecular weight excluding hydrogens is 184 g/mol. The van der Waals surface area contributed by atoms with Crippen LogP contribution in [0.1, 0.15) is 46.5 Å². The topological polar surface area (TPSA) is 15.3 Å². The number of rotatable bonds is 7. The van der Waals surface area contributed by atoms with Crippen LogP contribution in [0.25, 0.3) is 0 Å². The van der Waals surface area contributed by atoms with E-state index in [4.69, 9.17) is 0 Å². The summed E-state index contributed by atoms with van der Waals surface area (Å²) >= 11 is 0. The highest BCUT2D eigenvalue weighted by Gasteiger charge is 2.32. The van der Waals surface area contributed by atoms with Gasteiger partial charge in [-0.25, -0.2) is 0 Å². The van der Waals surface area contributed by atoms with Crippen LogP contribution in [0, 0.1) is 5.92 Å². The Kier molecular flexibility index (Phi) is 4.60. The monoisotopic (exact) mass is 212 g/mol. The zero-order valence-corrected chi connectivity index (χ0v) is 11.1. The normalized spacial score (nSPS) is 19.6. The molecular formula is C13H28N2. The number of nitrogens with zero attached hydrogens (tertiary/aromatic N) is 1. The summed E-state index contributed by atoms with van der Waals surface area (Å²) < 4.78 is 0. The Balaban J connectivity index is 2.45. The molecule has 0 heterocycles. The van der Waals surface area contributed by atoms with Crippen LogP contribution in [-0.4, -0.2) is 37.1 Å². The van der Waals surface area contributed by atoms with Gasteiger partial charge in [0.1, 0.15) is 0 Å². The number of likely N-dealkylation sites (N-methyl/N-ethyl adjacent to an activating group) is 2. The van der Waals surface area contributed by atoms with Gasteiger partial charge in [0, 0.05) is 11.6 Å². The second kappa shape index (κ2) is 5.31. The maximum Gasteiger partial charge on any atom is 0.0300 e. The van der Waals surface area contributed by atoms with E-state index in [2.05, 4.69) is 45.1 Å². The standard InChI is InChI=1S/C13H28N2/c1-6-14-12(10-9-11-7-8-11)13(2,3)15(4)5/h11-12,14H,6-10H2,1-5H3. The molecule has 0 spiro atoms. The molecule has 2 heteroatoms. The van der Waals surface area contributed by atoms with Crippen molar-refractivity contribution in [1.82, 2.24) is 10.2 Å². The van der Waals surface area contributed by atoms with E-state index in [1.165, 1.54) is 25.7 Å².